The lowest BCUT2D eigenvalue weighted by Gasteiger charge is -2.34. The number of fused-ring (bicyclic) bond motifs is 1. The van der Waals surface area contributed by atoms with Crippen LogP contribution in [0.4, 0.5) is 5.69 Å². The predicted molar refractivity (Wildman–Crippen MR) is 128 cm³/mol. The third-order valence-electron chi connectivity index (χ3n) is 6.44. The van der Waals surface area contributed by atoms with Crippen LogP contribution in [0, 0.1) is 18.8 Å². The van der Waals surface area contributed by atoms with Crippen LogP contribution in [-0.2, 0) is 14.8 Å². The van der Waals surface area contributed by atoms with E-state index in [2.05, 4.69) is 5.32 Å². The number of carbonyl (C=O) groups is 3. The van der Waals surface area contributed by atoms with Gasteiger partial charge in [0.15, 0.2) is 0 Å². The second kappa shape index (κ2) is 8.96. The molecule has 34 heavy (non-hydrogen) atoms. The van der Waals surface area contributed by atoms with Crippen LogP contribution in [0.1, 0.15) is 53.5 Å². The molecule has 8 nitrogen and oxygen atoms in total. The minimum absolute atomic E-state index is 0.163. The molecule has 2 aliphatic rings. The van der Waals surface area contributed by atoms with Gasteiger partial charge in [0.2, 0.25) is 15.9 Å². The Morgan fingerprint density at radius 2 is 1.56 bits per heavy atom. The van der Waals surface area contributed by atoms with E-state index < -0.39 is 33.8 Å². The lowest BCUT2D eigenvalue weighted by Crippen LogP contribution is -2.45. The number of sulfonamides is 1. The minimum atomic E-state index is -3.63. The standard InChI is InChI=1S/C25H29N3O5S/c1-15-5-10-21-22(12-15)25(31)28(24(21)30)18(4)23(29)26-19-6-8-20(9-7-19)34(32,33)27-13-16(2)11-17(3)14-27/h5-10,12,16-18H,11,13-14H2,1-4H3,(H,26,29)/t16-,17-,18-/m1/s1. The Balaban J connectivity index is 1.46. The molecule has 0 spiro atoms. The van der Waals surface area contributed by atoms with Crippen molar-refractivity contribution in [1.29, 1.82) is 0 Å². The lowest BCUT2D eigenvalue weighted by molar-refractivity contribution is -0.119. The van der Waals surface area contributed by atoms with Gasteiger partial charge in [-0.2, -0.15) is 4.31 Å². The summed E-state index contributed by atoms with van der Waals surface area (Å²) in [4.78, 5) is 39.4. The van der Waals surface area contributed by atoms with Crippen molar-refractivity contribution in [3.63, 3.8) is 0 Å². The Kier molecular flexibility index (Phi) is 6.35. The van der Waals surface area contributed by atoms with E-state index in [1.165, 1.54) is 35.5 Å². The molecule has 3 amide bonds. The molecule has 1 fully saturated rings. The molecule has 0 aliphatic carbocycles. The Morgan fingerprint density at radius 3 is 2.18 bits per heavy atom. The fourth-order valence-electron chi connectivity index (χ4n) is 4.75. The maximum Gasteiger partial charge on any atom is 0.262 e. The quantitative estimate of drug-likeness (QED) is 0.658. The second-order valence-electron chi connectivity index (χ2n) is 9.49. The highest BCUT2D eigenvalue weighted by atomic mass is 32.2. The van der Waals surface area contributed by atoms with Gasteiger partial charge in [-0.25, -0.2) is 8.42 Å². The van der Waals surface area contributed by atoms with E-state index in [9.17, 15) is 22.8 Å². The molecule has 1 saturated heterocycles. The van der Waals surface area contributed by atoms with Crippen LogP contribution in [0.5, 0.6) is 0 Å². The van der Waals surface area contributed by atoms with Gasteiger partial charge in [0.1, 0.15) is 6.04 Å². The molecule has 9 heteroatoms. The summed E-state index contributed by atoms with van der Waals surface area (Å²) in [7, 11) is -3.63. The highest BCUT2D eigenvalue weighted by molar-refractivity contribution is 7.89. The van der Waals surface area contributed by atoms with Crippen molar-refractivity contribution < 1.29 is 22.8 Å². The summed E-state index contributed by atoms with van der Waals surface area (Å²) in [6.45, 7) is 8.39. The number of imide groups is 1. The smallest absolute Gasteiger partial charge is 0.262 e. The highest BCUT2D eigenvalue weighted by Crippen LogP contribution is 2.28. The first-order chi connectivity index (χ1) is 16.0. The van der Waals surface area contributed by atoms with Crippen LogP contribution in [0.2, 0.25) is 0 Å². The van der Waals surface area contributed by atoms with E-state index in [0.29, 0.717) is 36.2 Å². The summed E-state index contributed by atoms with van der Waals surface area (Å²) in [5.74, 6) is -0.957. The van der Waals surface area contributed by atoms with Crippen molar-refractivity contribution in [2.45, 2.75) is 45.1 Å². The average molecular weight is 484 g/mol. The van der Waals surface area contributed by atoms with Crippen LogP contribution in [0.25, 0.3) is 0 Å². The first-order valence-electron chi connectivity index (χ1n) is 11.4. The van der Waals surface area contributed by atoms with Gasteiger partial charge < -0.3 is 5.32 Å². The molecule has 4 rings (SSSR count). The van der Waals surface area contributed by atoms with Crippen molar-refractivity contribution in [3.8, 4) is 0 Å². The largest absolute Gasteiger partial charge is 0.324 e. The third kappa shape index (κ3) is 4.37. The minimum Gasteiger partial charge on any atom is -0.324 e. The molecule has 0 saturated carbocycles. The number of amides is 3. The SMILES string of the molecule is Cc1ccc2c(c1)C(=O)N([C@H](C)C(=O)Nc1ccc(S(=O)(=O)N3C[C@H](C)C[C@@H](C)C3)cc1)C2=O. The van der Waals surface area contributed by atoms with Gasteiger partial charge >= 0.3 is 0 Å². The Morgan fingerprint density at radius 1 is 0.971 bits per heavy atom. The maximum atomic E-state index is 13.1. The van der Waals surface area contributed by atoms with Crippen LogP contribution in [-0.4, -0.2) is 54.5 Å². The Labute approximate surface area is 200 Å². The van der Waals surface area contributed by atoms with Crippen molar-refractivity contribution in [1.82, 2.24) is 9.21 Å². The topological polar surface area (TPSA) is 104 Å². The molecular formula is C25H29N3O5S. The third-order valence-corrected chi connectivity index (χ3v) is 8.28. The first-order valence-corrected chi connectivity index (χ1v) is 12.8. The van der Waals surface area contributed by atoms with Crippen molar-refractivity contribution in [2.75, 3.05) is 18.4 Å². The normalized spacial score (nSPS) is 21.9. The Hall–Kier alpha value is -3.04. The number of hydrogen-bond acceptors (Lipinski definition) is 5. The summed E-state index contributed by atoms with van der Waals surface area (Å²) in [5.41, 5.74) is 1.80. The lowest BCUT2D eigenvalue weighted by atomic mass is 9.94. The number of piperidine rings is 1. The van der Waals surface area contributed by atoms with Gasteiger partial charge in [-0.05, 0) is 68.5 Å². The van der Waals surface area contributed by atoms with Gasteiger partial charge in [-0.15, -0.1) is 0 Å². The molecule has 180 valence electrons. The summed E-state index contributed by atoms with van der Waals surface area (Å²) < 4.78 is 27.6. The Bertz CT molecular complexity index is 1250. The zero-order chi connectivity index (χ0) is 24.8. The van der Waals surface area contributed by atoms with Gasteiger partial charge in [-0.3, -0.25) is 19.3 Å². The number of carbonyl (C=O) groups excluding carboxylic acids is 3. The molecule has 2 aromatic carbocycles. The van der Waals surface area contributed by atoms with E-state index in [1.54, 1.807) is 18.2 Å². The number of rotatable bonds is 5. The van der Waals surface area contributed by atoms with Gasteiger partial charge in [0.05, 0.1) is 16.0 Å². The first kappa shape index (κ1) is 24.1. The summed E-state index contributed by atoms with van der Waals surface area (Å²) in [5, 5.41) is 2.68. The van der Waals surface area contributed by atoms with E-state index in [4.69, 9.17) is 0 Å². The number of nitrogens with zero attached hydrogens (tertiary/aromatic N) is 2. The number of nitrogens with one attached hydrogen (secondary N) is 1. The number of aryl methyl sites for hydroxylation is 1. The number of anilines is 1. The predicted octanol–water partition coefficient (Wildman–Crippen LogP) is 3.28. The second-order valence-corrected chi connectivity index (χ2v) is 11.4. The number of benzene rings is 2. The van der Waals surface area contributed by atoms with E-state index in [0.717, 1.165) is 16.9 Å². The molecule has 0 unspecified atom stereocenters. The van der Waals surface area contributed by atoms with E-state index in [-0.39, 0.29) is 10.5 Å². The summed E-state index contributed by atoms with van der Waals surface area (Å²) in [6.07, 6.45) is 1.00. The molecule has 0 radical (unpaired) electrons. The summed E-state index contributed by atoms with van der Waals surface area (Å²) >= 11 is 0. The molecule has 0 bridgehead atoms. The van der Waals surface area contributed by atoms with Crippen LogP contribution in [0.15, 0.2) is 47.4 Å². The van der Waals surface area contributed by atoms with Crippen molar-refractivity contribution in [3.05, 3.63) is 59.2 Å². The molecule has 0 aromatic heterocycles. The van der Waals surface area contributed by atoms with Gasteiger partial charge in [0.25, 0.3) is 11.8 Å². The monoisotopic (exact) mass is 483 g/mol. The van der Waals surface area contributed by atoms with Crippen LogP contribution < -0.4 is 5.32 Å². The average Bonchev–Trinajstić information content (AvgIpc) is 3.02. The zero-order valence-electron chi connectivity index (χ0n) is 19.7. The molecule has 2 heterocycles. The van der Waals surface area contributed by atoms with Crippen LogP contribution >= 0.6 is 0 Å². The fraction of sp³-hybridized carbons (Fsp3) is 0.400. The zero-order valence-corrected chi connectivity index (χ0v) is 20.6. The molecule has 3 atom stereocenters. The summed E-state index contributed by atoms with van der Waals surface area (Å²) in [6, 6.07) is 9.91. The van der Waals surface area contributed by atoms with Crippen molar-refractivity contribution >= 4 is 33.4 Å². The molecule has 2 aromatic rings. The fourth-order valence-corrected chi connectivity index (χ4v) is 6.43. The van der Waals surface area contributed by atoms with Gasteiger partial charge in [0, 0.05) is 18.8 Å². The highest BCUT2D eigenvalue weighted by Gasteiger charge is 2.41. The van der Waals surface area contributed by atoms with Crippen molar-refractivity contribution in [2.24, 2.45) is 11.8 Å². The van der Waals surface area contributed by atoms with Crippen LogP contribution in [0.3, 0.4) is 0 Å². The molecule has 1 N–H and O–H groups in total. The maximum absolute atomic E-state index is 13.1. The molecular weight excluding hydrogens is 454 g/mol. The number of hydrogen-bond donors (Lipinski definition) is 1. The van der Waals surface area contributed by atoms with Gasteiger partial charge in [-0.1, -0.05) is 25.5 Å². The molecule has 2 aliphatic heterocycles. The van der Waals surface area contributed by atoms with E-state index >= 15 is 0 Å². The van der Waals surface area contributed by atoms with E-state index in [1.807, 2.05) is 20.8 Å².